The summed E-state index contributed by atoms with van der Waals surface area (Å²) in [6.45, 7) is 6.49. The Morgan fingerprint density at radius 1 is 1.00 bits per heavy atom. The van der Waals surface area contributed by atoms with Crippen LogP contribution in [0, 0.1) is 12.7 Å². The zero-order valence-electron chi connectivity index (χ0n) is 18.5. The van der Waals surface area contributed by atoms with Gasteiger partial charge in [-0.15, -0.1) is 11.3 Å². The molecule has 1 heterocycles. The van der Waals surface area contributed by atoms with Crippen LogP contribution in [0.25, 0.3) is 0 Å². The largest absolute Gasteiger partial charge is 0.332 e. The molecule has 0 unspecified atom stereocenters. The van der Waals surface area contributed by atoms with E-state index in [0.29, 0.717) is 18.8 Å². The Morgan fingerprint density at radius 2 is 1.69 bits per heavy atom. The van der Waals surface area contributed by atoms with E-state index in [0.717, 1.165) is 16.0 Å². The minimum Gasteiger partial charge on any atom is -0.332 e. The van der Waals surface area contributed by atoms with Crippen LogP contribution in [0.4, 0.5) is 14.9 Å². The van der Waals surface area contributed by atoms with Crippen molar-refractivity contribution in [2.75, 3.05) is 11.9 Å². The molecule has 0 aliphatic carbocycles. The van der Waals surface area contributed by atoms with Gasteiger partial charge in [-0.1, -0.05) is 30.3 Å². The number of para-hydroxylation sites is 1. The Morgan fingerprint density at radius 3 is 2.28 bits per heavy atom. The van der Waals surface area contributed by atoms with Crippen molar-refractivity contribution in [2.24, 2.45) is 0 Å². The number of carbonyl (C=O) groups excluding carboxylic acids is 2. The molecule has 0 aliphatic heterocycles. The van der Waals surface area contributed by atoms with Crippen LogP contribution in [0.3, 0.4) is 0 Å². The van der Waals surface area contributed by atoms with E-state index in [-0.39, 0.29) is 30.3 Å². The number of rotatable bonds is 8. The first-order chi connectivity index (χ1) is 15.3. The van der Waals surface area contributed by atoms with Crippen LogP contribution in [-0.2, 0) is 17.9 Å². The van der Waals surface area contributed by atoms with E-state index < -0.39 is 0 Å². The molecule has 0 atom stereocenters. The molecule has 0 radical (unpaired) electrons. The second-order valence-corrected chi connectivity index (χ2v) is 8.92. The Balaban J connectivity index is 1.77. The smallest absolute Gasteiger partial charge is 0.322 e. The number of anilines is 1. The summed E-state index contributed by atoms with van der Waals surface area (Å²) in [5.41, 5.74) is 2.63. The molecule has 168 valence electrons. The van der Waals surface area contributed by atoms with Crippen molar-refractivity contribution in [1.29, 1.82) is 0 Å². The number of hydrogen-bond donors (Lipinski definition) is 1. The quantitative estimate of drug-likeness (QED) is 0.478. The molecular weight excluding hydrogens is 425 g/mol. The summed E-state index contributed by atoms with van der Waals surface area (Å²) in [6, 6.07) is 16.8. The first-order valence-electron chi connectivity index (χ1n) is 10.5. The maximum atomic E-state index is 13.4. The van der Waals surface area contributed by atoms with Crippen molar-refractivity contribution in [1.82, 2.24) is 9.80 Å². The third kappa shape index (κ3) is 6.40. The fourth-order valence-electron chi connectivity index (χ4n) is 3.23. The molecule has 1 aromatic heterocycles. The maximum absolute atomic E-state index is 13.4. The molecule has 3 aromatic rings. The average Bonchev–Trinajstić information content (AvgIpc) is 3.17. The van der Waals surface area contributed by atoms with Gasteiger partial charge in [0.15, 0.2) is 0 Å². The fourth-order valence-corrected chi connectivity index (χ4v) is 4.15. The van der Waals surface area contributed by atoms with Crippen LogP contribution in [0.5, 0.6) is 0 Å². The van der Waals surface area contributed by atoms with E-state index in [4.69, 9.17) is 0 Å². The molecule has 32 heavy (non-hydrogen) atoms. The molecule has 5 nitrogen and oxygen atoms in total. The summed E-state index contributed by atoms with van der Waals surface area (Å²) in [6.07, 6.45) is 0. The molecule has 3 rings (SSSR count). The number of thiophene rings is 1. The lowest BCUT2D eigenvalue weighted by Crippen LogP contribution is -2.47. The van der Waals surface area contributed by atoms with Gasteiger partial charge in [0.2, 0.25) is 5.91 Å². The molecular formula is C25H28FN3O2S. The highest BCUT2D eigenvalue weighted by Crippen LogP contribution is 2.20. The number of nitrogens with zero attached hydrogens (tertiary/aromatic N) is 2. The van der Waals surface area contributed by atoms with Gasteiger partial charge in [0.25, 0.3) is 0 Å². The normalized spacial score (nSPS) is 10.8. The van der Waals surface area contributed by atoms with Crippen molar-refractivity contribution in [3.8, 4) is 0 Å². The lowest BCUT2D eigenvalue weighted by atomic mass is 10.2. The van der Waals surface area contributed by atoms with Gasteiger partial charge in [0.1, 0.15) is 12.4 Å². The lowest BCUT2D eigenvalue weighted by Gasteiger charge is -2.30. The molecule has 0 saturated carbocycles. The Hall–Kier alpha value is -3.19. The van der Waals surface area contributed by atoms with Crippen molar-refractivity contribution < 1.29 is 14.0 Å². The molecule has 1 N–H and O–H groups in total. The molecule has 0 bridgehead atoms. The monoisotopic (exact) mass is 453 g/mol. The number of hydrogen-bond acceptors (Lipinski definition) is 3. The van der Waals surface area contributed by atoms with Crippen LogP contribution < -0.4 is 5.32 Å². The number of halogens is 1. The lowest BCUT2D eigenvalue weighted by molar-refractivity contribution is -0.133. The van der Waals surface area contributed by atoms with E-state index in [1.807, 2.05) is 50.4 Å². The van der Waals surface area contributed by atoms with Crippen molar-refractivity contribution in [3.05, 3.63) is 87.9 Å². The summed E-state index contributed by atoms with van der Waals surface area (Å²) in [7, 11) is 0. The van der Waals surface area contributed by atoms with Crippen LogP contribution in [0.1, 0.15) is 29.9 Å². The minimum atomic E-state index is -0.325. The van der Waals surface area contributed by atoms with Gasteiger partial charge in [-0.25, -0.2) is 9.18 Å². The van der Waals surface area contributed by atoms with Gasteiger partial charge >= 0.3 is 6.03 Å². The van der Waals surface area contributed by atoms with E-state index >= 15 is 0 Å². The molecule has 0 saturated heterocycles. The SMILES string of the molecule is Cc1ccsc1CN(Cc1ccc(F)cc1)C(=O)CN(C(=O)Nc1ccccc1)C(C)C. The van der Waals surface area contributed by atoms with Gasteiger partial charge < -0.3 is 15.1 Å². The van der Waals surface area contributed by atoms with Gasteiger partial charge in [0, 0.05) is 23.2 Å². The highest BCUT2D eigenvalue weighted by Gasteiger charge is 2.24. The highest BCUT2D eigenvalue weighted by atomic mass is 32.1. The topological polar surface area (TPSA) is 52.7 Å². The number of urea groups is 1. The first-order valence-corrected chi connectivity index (χ1v) is 11.4. The Kier molecular flexibility index (Phi) is 8.00. The van der Waals surface area contributed by atoms with E-state index in [2.05, 4.69) is 5.32 Å². The maximum Gasteiger partial charge on any atom is 0.322 e. The number of amides is 3. The number of nitrogens with one attached hydrogen (secondary N) is 1. The predicted octanol–water partition coefficient (Wildman–Crippen LogP) is 5.67. The summed E-state index contributed by atoms with van der Waals surface area (Å²) in [5.74, 6) is -0.483. The fraction of sp³-hybridized carbons (Fsp3) is 0.280. The summed E-state index contributed by atoms with van der Waals surface area (Å²) < 4.78 is 13.3. The number of aryl methyl sites for hydroxylation is 1. The van der Waals surface area contributed by atoms with Crippen LogP contribution in [0.15, 0.2) is 66.0 Å². The zero-order chi connectivity index (χ0) is 23.1. The number of carbonyl (C=O) groups is 2. The Bertz CT molecular complexity index is 1030. The van der Waals surface area contributed by atoms with Crippen molar-refractivity contribution in [2.45, 2.75) is 39.9 Å². The molecule has 7 heteroatoms. The standard InChI is InChI=1S/C25H28FN3O2S/c1-18(2)29(25(31)27-22-7-5-4-6-8-22)17-24(30)28(16-23-19(3)13-14-32-23)15-20-9-11-21(26)12-10-20/h4-14,18H,15-17H2,1-3H3,(H,27,31). The summed E-state index contributed by atoms with van der Waals surface area (Å²) in [5, 5.41) is 4.85. The van der Waals surface area contributed by atoms with Crippen LogP contribution in [-0.4, -0.2) is 34.3 Å². The molecule has 2 aromatic carbocycles. The number of benzene rings is 2. The second-order valence-electron chi connectivity index (χ2n) is 7.92. The third-order valence-corrected chi connectivity index (χ3v) is 6.16. The van der Waals surface area contributed by atoms with Crippen molar-refractivity contribution in [3.63, 3.8) is 0 Å². The average molecular weight is 454 g/mol. The Labute approximate surface area is 192 Å². The minimum absolute atomic E-state index is 0.0536. The van der Waals surface area contributed by atoms with E-state index in [1.54, 1.807) is 40.5 Å². The van der Waals surface area contributed by atoms with E-state index in [9.17, 15) is 14.0 Å². The molecule has 0 spiro atoms. The van der Waals surface area contributed by atoms with Crippen LogP contribution in [0.2, 0.25) is 0 Å². The molecule has 0 fully saturated rings. The van der Waals surface area contributed by atoms with E-state index in [1.165, 1.54) is 17.0 Å². The van der Waals surface area contributed by atoms with Gasteiger partial charge in [0.05, 0.1) is 6.54 Å². The summed E-state index contributed by atoms with van der Waals surface area (Å²) in [4.78, 5) is 30.6. The van der Waals surface area contributed by atoms with Gasteiger partial charge in [-0.3, -0.25) is 4.79 Å². The van der Waals surface area contributed by atoms with Gasteiger partial charge in [-0.2, -0.15) is 0 Å². The van der Waals surface area contributed by atoms with Gasteiger partial charge in [-0.05, 0) is 67.6 Å². The second kappa shape index (κ2) is 10.9. The van der Waals surface area contributed by atoms with Crippen molar-refractivity contribution >= 4 is 29.0 Å². The third-order valence-electron chi connectivity index (χ3n) is 5.16. The predicted molar refractivity (Wildman–Crippen MR) is 127 cm³/mol. The first kappa shape index (κ1) is 23.5. The highest BCUT2D eigenvalue weighted by molar-refractivity contribution is 7.10. The molecule has 0 aliphatic rings. The summed E-state index contributed by atoms with van der Waals surface area (Å²) >= 11 is 1.59. The zero-order valence-corrected chi connectivity index (χ0v) is 19.4. The molecule has 3 amide bonds. The van der Waals surface area contributed by atoms with Crippen LogP contribution >= 0.6 is 11.3 Å².